The Morgan fingerprint density at radius 2 is 1.76 bits per heavy atom. The SMILES string of the molecule is Oc1ccc(SCc2ccc(Cl)c(F)c2)c2ccccc12. The van der Waals surface area contributed by atoms with Gasteiger partial charge in [0.25, 0.3) is 0 Å². The van der Waals surface area contributed by atoms with Crippen molar-refractivity contribution in [3.8, 4) is 5.75 Å². The van der Waals surface area contributed by atoms with Gasteiger partial charge in [0.15, 0.2) is 0 Å². The number of halogens is 2. The lowest BCUT2D eigenvalue weighted by molar-refractivity contribution is 0.481. The third kappa shape index (κ3) is 2.99. The highest BCUT2D eigenvalue weighted by molar-refractivity contribution is 7.98. The minimum Gasteiger partial charge on any atom is -0.507 e. The first-order chi connectivity index (χ1) is 10.1. The van der Waals surface area contributed by atoms with Gasteiger partial charge in [-0.15, -0.1) is 11.8 Å². The maximum atomic E-state index is 13.4. The van der Waals surface area contributed by atoms with Crippen LogP contribution < -0.4 is 0 Å². The van der Waals surface area contributed by atoms with Gasteiger partial charge in [-0.2, -0.15) is 0 Å². The quantitative estimate of drug-likeness (QED) is 0.631. The molecule has 3 aromatic rings. The smallest absolute Gasteiger partial charge is 0.142 e. The first-order valence-electron chi connectivity index (χ1n) is 6.42. The van der Waals surface area contributed by atoms with Crippen LogP contribution in [-0.4, -0.2) is 5.11 Å². The van der Waals surface area contributed by atoms with Crippen LogP contribution in [0.4, 0.5) is 4.39 Å². The van der Waals surface area contributed by atoms with E-state index in [1.54, 1.807) is 23.9 Å². The molecule has 0 fully saturated rings. The second kappa shape index (κ2) is 5.96. The molecule has 0 aliphatic heterocycles. The number of benzene rings is 3. The van der Waals surface area contributed by atoms with Crippen LogP contribution in [-0.2, 0) is 5.75 Å². The number of phenols is 1. The zero-order chi connectivity index (χ0) is 14.8. The van der Waals surface area contributed by atoms with E-state index in [9.17, 15) is 9.50 Å². The second-order valence-electron chi connectivity index (χ2n) is 4.67. The van der Waals surface area contributed by atoms with Gasteiger partial charge < -0.3 is 5.11 Å². The number of hydrogen-bond acceptors (Lipinski definition) is 2. The summed E-state index contributed by atoms with van der Waals surface area (Å²) in [4.78, 5) is 1.05. The summed E-state index contributed by atoms with van der Waals surface area (Å²) in [5, 5.41) is 11.8. The van der Waals surface area contributed by atoms with Gasteiger partial charge in [-0.3, -0.25) is 0 Å². The van der Waals surface area contributed by atoms with E-state index in [1.165, 1.54) is 6.07 Å². The molecule has 3 rings (SSSR count). The molecule has 1 N–H and O–H groups in total. The van der Waals surface area contributed by atoms with Crippen molar-refractivity contribution in [3.05, 3.63) is 71.0 Å². The molecule has 0 unspecified atom stereocenters. The van der Waals surface area contributed by atoms with Gasteiger partial charge >= 0.3 is 0 Å². The predicted molar refractivity (Wildman–Crippen MR) is 86.6 cm³/mol. The fraction of sp³-hybridized carbons (Fsp3) is 0.0588. The van der Waals surface area contributed by atoms with Crippen molar-refractivity contribution in [1.29, 1.82) is 0 Å². The molecule has 0 saturated heterocycles. The van der Waals surface area contributed by atoms with Crippen molar-refractivity contribution >= 4 is 34.1 Å². The maximum absolute atomic E-state index is 13.4. The summed E-state index contributed by atoms with van der Waals surface area (Å²) in [6, 6.07) is 16.1. The Kier molecular flexibility index (Phi) is 4.04. The topological polar surface area (TPSA) is 20.2 Å². The molecular weight excluding hydrogens is 307 g/mol. The van der Waals surface area contributed by atoms with Gasteiger partial charge in [0.05, 0.1) is 5.02 Å². The second-order valence-corrected chi connectivity index (χ2v) is 6.09. The zero-order valence-corrected chi connectivity index (χ0v) is 12.6. The normalized spacial score (nSPS) is 11.0. The third-order valence-electron chi connectivity index (χ3n) is 3.24. The van der Waals surface area contributed by atoms with Crippen molar-refractivity contribution in [3.63, 3.8) is 0 Å². The Hall–Kier alpha value is -1.71. The lowest BCUT2D eigenvalue weighted by atomic mass is 10.1. The van der Waals surface area contributed by atoms with Gasteiger partial charge in [-0.25, -0.2) is 4.39 Å². The fourth-order valence-electron chi connectivity index (χ4n) is 2.17. The lowest BCUT2D eigenvalue weighted by Gasteiger charge is -2.08. The van der Waals surface area contributed by atoms with Crippen LogP contribution in [0.2, 0.25) is 5.02 Å². The molecule has 0 aliphatic carbocycles. The molecular formula is C17H12ClFOS. The molecule has 0 amide bonds. The number of fused-ring (bicyclic) bond motifs is 1. The van der Waals surface area contributed by atoms with E-state index in [-0.39, 0.29) is 10.8 Å². The van der Waals surface area contributed by atoms with E-state index in [2.05, 4.69) is 0 Å². The number of phenolic OH excluding ortho intramolecular Hbond substituents is 1. The van der Waals surface area contributed by atoms with Crippen LogP contribution in [0.1, 0.15) is 5.56 Å². The standard InChI is InChI=1S/C17H12ClFOS/c18-14-6-5-11(9-15(14)19)10-21-17-8-7-16(20)12-3-1-2-4-13(12)17/h1-9,20H,10H2. The average Bonchev–Trinajstić information content (AvgIpc) is 2.50. The fourth-order valence-corrected chi connectivity index (χ4v) is 3.29. The Bertz CT molecular complexity index is 804. The molecule has 0 aliphatic rings. The molecule has 0 spiro atoms. The minimum absolute atomic E-state index is 0.138. The van der Waals surface area contributed by atoms with Gasteiger partial charge in [0.1, 0.15) is 11.6 Å². The van der Waals surface area contributed by atoms with Crippen LogP contribution in [0.3, 0.4) is 0 Å². The van der Waals surface area contributed by atoms with Gasteiger partial charge in [0.2, 0.25) is 0 Å². The Morgan fingerprint density at radius 3 is 2.52 bits per heavy atom. The van der Waals surface area contributed by atoms with Gasteiger partial charge in [-0.05, 0) is 35.2 Å². The van der Waals surface area contributed by atoms with E-state index in [0.717, 1.165) is 21.2 Å². The van der Waals surface area contributed by atoms with E-state index < -0.39 is 5.82 Å². The first kappa shape index (κ1) is 14.2. The molecule has 4 heteroatoms. The van der Waals surface area contributed by atoms with E-state index in [4.69, 9.17) is 11.6 Å². The third-order valence-corrected chi connectivity index (χ3v) is 4.69. The molecule has 0 atom stereocenters. The summed E-state index contributed by atoms with van der Waals surface area (Å²) in [6.45, 7) is 0. The van der Waals surface area contributed by atoms with Crippen LogP contribution in [0, 0.1) is 5.82 Å². The molecule has 0 heterocycles. The number of aromatic hydroxyl groups is 1. The zero-order valence-electron chi connectivity index (χ0n) is 11.0. The largest absolute Gasteiger partial charge is 0.507 e. The molecule has 3 aromatic carbocycles. The summed E-state index contributed by atoms with van der Waals surface area (Å²) in [7, 11) is 0. The van der Waals surface area contributed by atoms with E-state index in [1.807, 2.05) is 36.4 Å². The summed E-state index contributed by atoms with van der Waals surface area (Å²) >= 11 is 7.29. The molecule has 1 nitrogen and oxygen atoms in total. The predicted octanol–water partition coefficient (Wildman–Crippen LogP) is 5.63. The minimum atomic E-state index is -0.398. The average molecular weight is 319 g/mol. The Morgan fingerprint density at radius 1 is 1.00 bits per heavy atom. The van der Waals surface area contributed by atoms with Crippen molar-refractivity contribution in [2.75, 3.05) is 0 Å². The summed E-state index contributed by atoms with van der Waals surface area (Å²) in [6.07, 6.45) is 0. The molecule has 106 valence electrons. The van der Waals surface area contributed by atoms with Crippen LogP contribution >= 0.6 is 23.4 Å². The monoisotopic (exact) mass is 318 g/mol. The Labute approximate surface area is 131 Å². The van der Waals surface area contributed by atoms with Crippen molar-refractivity contribution in [2.45, 2.75) is 10.6 Å². The number of thioether (sulfide) groups is 1. The summed E-state index contributed by atoms with van der Waals surface area (Å²) in [5.74, 6) is 0.515. The highest BCUT2D eigenvalue weighted by atomic mass is 35.5. The molecule has 0 aromatic heterocycles. The molecule has 0 bridgehead atoms. The van der Waals surface area contributed by atoms with Crippen molar-refractivity contribution < 1.29 is 9.50 Å². The van der Waals surface area contributed by atoms with Crippen molar-refractivity contribution in [2.24, 2.45) is 0 Å². The Balaban J connectivity index is 1.88. The molecule has 21 heavy (non-hydrogen) atoms. The number of hydrogen-bond donors (Lipinski definition) is 1. The highest BCUT2D eigenvalue weighted by Crippen LogP contribution is 2.34. The van der Waals surface area contributed by atoms with Gasteiger partial charge in [-0.1, -0.05) is 41.9 Å². The van der Waals surface area contributed by atoms with Crippen molar-refractivity contribution in [1.82, 2.24) is 0 Å². The van der Waals surface area contributed by atoms with E-state index in [0.29, 0.717) is 5.75 Å². The van der Waals surface area contributed by atoms with Crippen LogP contribution in [0.5, 0.6) is 5.75 Å². The first-order valence-corrected chi connectivity index (χ1v) is 7.79. The van der Waals surface area contributed by atoms with E-state index >= 15 is 0 Å². The highest BCUT2D eigenvalue weighted by Gasteiger charge is 2.07. The van der Waals surface area contributed by atoms with Crippen LogP contribution in [0.15, 0.2) is 59.5 Å². The maximum Gasteiger partial charge on any atom is 0.142 e. The molecule has 0 radical (unpaired) electrons. The lowest BCUT2D eigenvalue weighted by Crippen LogP contribution is -1.85. The van der Waals surface area contributed by atoms with Gasteiger partial charge in [0, 0.05) is 16.0 Å². The van der Waals surface area contributed by atoms with Crippen LogP contribution in [0.25, 0.3) is 10.8 Å². The summed E-state index contributed by atoms with van der Waals surface area (Å²) in [5.41, 5.74) is 0.874. The summed E-state index contributed by atoms with van der Waals surface area (Å²) < 4.78 is 13.4. The number of rotatable bonds is 3. The molecule has 0 saturated carbocycles.